The van der Waals surface area contributed by atoms with E-state index in [1.165, 1.54) is 14.2 Å². The Hall–Kier alpha value is -2.32. The molecule has 0 spiro atoms. The Morgan fingerprint density at radius 3 is 2.59 bits per heavy atom. The SMILES string of the molecule is CN=C(NCCN(C)CCCOC)NCc1ccc(OC)c(C(=O)OC)c1. The van der Waals surface area contributed by atoms with Crippen LogP contribution in [0.3, 0.4) is 0 Å². The molecule has 0 radical (unpaired) electrons. The molecule has 0 atom stereocenters. The van der Waals surface area contributed by atoms with Gasteiger partial charge in [-0.05, 0) is 31.2 Å². The molecule has 1 aromatic carbocycles. The molecule has 27 heavy (non-hydrogen) atoms. The van der Waals surface area contributed by atoms with E-state index in [0.29, 0.717) is 23.8 Å². The molecule has 0 aliphatic carbocycles. The molecule has 0 aliphatic rings. The lowest BCUT2D eigenvalue weighted by Crippen LogP contribution is -2.40. The second-order valence-electron chi connectivity index (χ2n) is 6.03. The zero-order valence-corrected chi connectivity index (χ0v) is 17.0. The van der Waals surface area contributed by atoms with Crippen molar-refractivity contribution in [3.05, 3.63) is 29.3 Å². The Morgan fingerprint density at radius 2 is 1.96 bits per heavy atom. The summed E-state index contributed by atoms with van der Waals surface area (Å²) in [4.78, 5) is 18.3. The van der Waals surface area contributed by atoms with E-state index in [4.69, 9.17) is 14.2 Å². The Labute approximate surface area is 161 Å². The normalized spacial score (nSPS) is 11.4. The molecule has 0 unspecified atom stereocenters. The number of carbonyl (C=O) groups excluding carboxylic acids is 1. The number of carbonyl (C=O) groups is 1. The van der Waals surface area contributed by atoms with Crippen LogP contribution in [0.4, 0.5) is 0 Å². The van der Waals surface area contributed by atoms with Crippen LogP contribution in [-0.2, 0) is 16.0 Å². The quantitative estimate of drug-likeness (QED) is 0.257. The van der Waals surface area contributed by atoms with Gasteiger partial charge in [0.05, 0.1) is 14.2 Å². The van der Waals surface area contributed by atoms with E-state index >= 15 is 0 Å². The molecule has 8 nitrogen and oxygen atoms in total. The molecule has 1 aromatic rings. The van der Waals surface area contributed by atoms with Crippen LogP contribution in [0.25, 0.3) is 0 Å². The van der Waals surface area contributed by atoms with Crippen LogP contribution in [0.15, 0.2) is 23.2 Å². The highest BCUT2D eigenvalue weighted by Gasteiger charge is 2.13. The van der Waals surface area contributed by atoms with Crippen LogP contribution in [0.2, 0.25) is 0 Å². The van der Waals surface area contributed by atoms with Gasteiger partial charge in [-0.1, -0.05) is 6.07 Å². The summed E-state index contributed by atoms with van der Waals surface area (Å²) in [6.07, 6.45) is 1.01. The highest BCUT2D eigenvalue weighted by molar-refractivity contribution is 5.92. The monoisotopic (exact) mass is 380 g/mol. The largest absolute Gasteiger partial charge is 0.496 e. The lowest BCUT2D eigenvalue weighted by Gasteiger charge is -2.18. The lowest BCUT2D eigenvalue weighted by molar-refractivity contribution is 0.0597. The van der Waals surface area contributed by atoms with Crippen LogP contribution < -0.4 is 15.4 Å². The molecular formula is C19H32N4O4. The van der Waals surface area contributed by atoms with Crippen molar-refractivity contribution in [3.8, 4) is 5.75 Å². The summed E-state index contributed by atoms with van der Waals surface area (Å²) in [5, 5.41) is 6.52. The highest BCUT2D eigenvalue weighted by Crippen LogP contribution is 2.20. The number of hydrogen-bond donors (Lipinski definition) is 2. The van der Waals surface area contributed by atoms with Crippen LogP contribution in [0.5, 0.6) is 5.75 Å². The minimum absolute atomic E-state index is 0.403. The van der Waals surface area contributed by atoms with Crippen molar-refractivity contribution >= 4 is 11.9 Å². The number of ether oxygens (including phenoxy) is 3. The van der Waals surface area contributed by atoms with Crippen LogP contribution in [0.1, 0.15) is 22.3 Å². The van der Waals surface area contributed by atoms with Gasteiger partial charge in [-0.15, -0.1) is 0 Å². The first kappa shape index (κ1) is 22.7. The number of hydrogen-bond acceptors (Lipinski definition) is 6. The number of likely N-dealkylation sites (N-methyl/N-ethyl adjacent to an activating group) is 1. The zero-order chi connectivity index (χ0) is 20.1. The van der Waals surface area contributed by atoms with E-state index in [0.717, 1.165) is 38.2 Å². The van der Waals surface area contributed by atoms with Crippen molar-refractivity contribution in [2.45, 2.75) is 13.0 Å². The smallest absolute Gasteiger partial charge is 0.341 e. The number of nitrogens with one attached hydrogen (secondary N) is 2. The van der Waals surface area contributed by atoms with E-state index in [9.17, 15) is 4.79 Å². The molecule has 1 rings (SSSR count). The van der Waals surface area contributed by atoms with E-state index in [1.54, 1.807) is 26.3 Å². The van der Waals surface area contributed by atoms with Crippen molar-refractivity contribution in [2.75, 3.05) is 61.7 Å². The summed E-state index contributed by atoms with van der Waals surface area (Å²) in [7, 11) is 8.40. The number of guanidine groups is 1. The number of benzene rings is 1. The van der Waals surface area contributed by atoms with Crippen molar-refractivity contribution < 1.29 is 19.0 Å². The maximum Gasteiger partial charge on any atom is 0.341 e. The third-order valence-corrected chi connectivity index (χ3v) is 4.03. The van der Waals surface area contributed by atoms with Crippen molar-refractivity contribution in [1.82, 2.24) is 15.5 Å². The van der Waals surface area contributed by atoms with Gasteiger partial charge in [-0.3, -0.25) is 4.99 Å². The Kier molecular flexibility index (Phi) is 10.9. The average Bonchev–Trinajstić information content (AvgIpc) is 2.69. The minimum atomic E-state index is -0.423. The van der Waals surface area contributed by atoms with E-state index in [-0.39, 0.29) is 0 Å². The van der Waals surface area contributed by atoms with Gasteiger partial charge in [-0.25, -0.2) is 4.79 Å². The molecule has 2 N–H and O–H groups in total. The number of methoxy groups -OCH3 is 3. The predicted molar refractivity (Wildman–Crippen MR) is 107 cm³/mol. The third-order valence-electron chi connectivity index (χ3n) is 4.03. The van der Waals surface area contributed by atoms with E-state index in [2.05, 4.69) is 27.6 Å². The Bertz CT molecular complexity index is 607. The summed E-state index contributed by atoms with van der Waals surface area (Å²) in [5.74, 6) is 0.771. The Balaban J connectivity index is 2.49. The van der Waals surface area contributed by atoms with Gasteiger partial charge in [0.25, 0.3) is 0 Å². The molecule has 0 fully saturated rings. The van der Waals surface area contributed by atoms with Crippen molar-refractivity contribution in [1.29, 1.82) is 0 Å². The summed E-state index contributed by atoms with van der Waals surface area (Å²) in [6, 6.07) is 5.41. The summed E-state index contributed by atoms with van der Waals surface area (Å²) < 4.78 is 15.1. The molecule has 8 heteroatoms. The van der Waals surface area contributed by atoms with Gasteiger partial charge in [0.15, 0.2) is 5.96 Å². The number of esters is 1. The first-order valence-electron chi connectivity index (χ1n) is 8.92. The van der Waals surface area contributed by atoms with Crippen LogP contribution in [-0.4, -0.2) is 78.5 Å². The summed E-state index contributed by atoms with van der Waals surface area (Å²) in [5.41, 5.74) is 1.33. The fourth-order valence-electron chi connectivity index (χ4n) is 2.50. The molecule has 0 amide bonds. The standard InChI is InChI=1S/C19H32N4O4/c1-20-19(21-9-11-23(2)10-6-12-25-3)22-14-15-7-8-17(26-4)16(13-15)18(24)27-5/h7-8,13H,6,9-12,14H2,1-5H3,(H2,20,21,22). The molecule has 0 saturated carbocycles. The Morgan fingerprint density at radius 1 is 1.19 bits per heavy atom. The first-order valence-corrected chi connectivity index (χ1v) is 8.92. The number of nitrogens with zero attached hydrogens (tertiary/aromatic N) is 2. The predicted octanol–water partition coefficient (Wildman–Crippen LogP) is 1.12. The third kappa shape index (κ3) is 8.27. The first-order chi connectivity index (χ1) is 13.0. The fraction of sp³-hybridized carbons (Fsp3) is 0.579. The minimum Gasteiger partial charge on any atom is -0.496 e. The highest BCUT2D eigenvalue weighted by atomic mass is 16.5. The maximum absolute atomic E-state index is 11.9. The molecular weight excluding hydrogens is 348 g/mol. The second kappa shape index (κ2) is 12.9. The van der Waals surface area contributed by atoms with Gasteiger partial charge >= 0.3 is 5.97 Å². The van der Waals surface area contributed by atoms with Crippen molar-refractivity contribution in [3.63, 3.8) is 0 Å². The van der Waals surface area contributed by atoms with Gasteiger partial charge in [0, 0.05) is 46.9 Å². The van der Waals surface area contributed by atoms with Crippen LogP contribution >= 0.6 is 0 Å². The molecule has 0 heterocycles. The van der Waals surface area contributed by atoms with E-state index in [1.807, 2.05) is 6.07 Å². The summed E-state index contributed by atoms with van der Waals surface area (Å²) in [6.45, 7) is 3.97. The van der Waals surface area contributed by atoms with Gasteiger partial charge in [0.2, 0.25) is 0 Å². The van der Waals surface area contributed by atoms with Gasteiger partial charge in [-0.2, -0.15) is 0 Å². The molecule has 0 saturated heterocycles. The topological polar surface area (TPSA) is 84.4 Å². The number of rotatable bonds is 11. The summed E-state index contributed by atoms with van der Waals surface area (Å²) >= 11 is 0. The molecule has 0 aromatic heterocycles. The van der Waals surface area contributed by atoms with Gasteiger partial charge in [0.1, 0.15) is 11.3 Å². The maximum atomic E-state index is 11.9. The molecule has 0 bridgehead atoms. The fourth-order valence-corrected chi connectivity index (χ4v) is 2.50. The molecule has 152 valence electrons. The molecule has 0 aliphatic heterocycles. The second-order valence-corrected chi connectivity index (χ2v) is 6.03. The van der Waals surface area contributed by atoms with Gasteiger partial charge < -0.3 is 29.7 Å². The lowest BCUT2D eigenvalue weighted by atomic mass is 10.1. The van der Waals surface area contributed by atoms with Crippen molar-refractivity contribution in [2.24, 2.45) is 4.99 Å². The number of aliphatic imine (C=N–C) groups is 1. The van der Waals surface area contributed by atoms with E-state index < -0.39 is 5.97 Å². The average molecular weight is 380 g/mol. The zero-order valence-electron chi connectivity index (χ0n) is 17.0. The van der Waals surface area contributed by atoms with Crippen LogP contribution in [0, 0.1) is 0 Å².